The average molecular weight is 322 g/mol. The van der Waals surface area contributed by atoms with E-state index < -0.39 is 0 Å². The topological polar surface area (TPSA) is 59.9 Å². The standard InChI is InChI=1S/C19H18N2O3/c1-23-17-7-6-14(16-11-19(22)21-20-16)10-18(17)24-15-8-12-4-2-3-5-13(12)9-15/h2-7,10,15H,8-9,11H2,1H3,(H,21,22). The molecule has 2 aromatic carbocycles. The van der Waals surface area contributed by atoms with E-state index in [0.717, 1.165) is 24.1 Å². The van der Waals surface area contributed by atoms with Crippen molar-refractivity contribution in [2.45, 2.75) is 25.4 Å². The molecule has 2 aliphatic rings. The van der Waals surface area contributed by atoms with Gasteiger partial charge in [0.25, 0.3) is 0 Å². The monoisotopic (exact) mass is 322 g/mol. The Morgan fingerprint density at radius 2 is 1.83 bits per heavy atom. The van der Waals surface area contributed by atoms with Gasteiger partial charge < -0.3 is 9.47 Å². The largest absolute Gasteiger partial charge is 0.493 e. The lowest BCUT2D eigenvalue weighted by molar-refractivity contribution is -0.119. The Labute approximate surface area is 140 Å². The predicted octanol–water partition coefficient (Wildman–Crippen LogP) is 2.47. The lowest BCUT2D eigenvalue weighted by Gasteiger charge is -2.17. The van der Waals surface area contributed by atoms with E-state index in [2.05, 4.69) is 34.8 Å². The first-order valence-corrected chi connectivity index (χ1v) is 8.00. The van der Waals surface area contributed by atoms with Crippen LogP contribution in [0, 0.1) is 0 Å². The van der Waals surface area contributed by atoms with Crippen LogP contribution in [0.4, 0.5) is 0 Å². The van der Waals surface area contributed by atoms with Gasteiger partial charge in [-0.3, -0.25) is 4.79 Å². The van der Waals surface area contributed by atoms with Crippen molar-refractivity contribution < 1.29 is 14.3 Å². The molecule has 0 saturated heterocycles. The second-order valence-electron chi connectivity index (χ2n) is 6.05. The zero-order chi connectivity index (χ0) is 16.5. The van der Waals surface area contributed by atoms with E-state index in [4.69, 9.17) is 9.47 Å². The maximum atomic E-state index is 11.4. The Kier molecular flexibility index (Phi) is 3.69. The van der Waals surface area contributed by atoms with Gasteiger partial charge in [0.15, 0.2) is 11.5 Å². The average Bonchev–Trinajstić information content (AvgIpc) is 3.20. The summed E-state index contributed by atoms with van der Waals surface area (Å²) in [5, 5.41) is 4.07. The molecular weight excluding hydrogens is 304 g/mol. The third-order valence-corrected chi connectivity index (χ3v) is 4.45. The number of rotatable bonds is 4. The second kappa shape index (κ2) is 6.00. The number of hydrogen-bond acceptors (Lipinski definition) is 4. The summed E-state index contributed by atoms with van der Waals surface area (Å²) in [5.41, 5.74) is 6.76. The summed E-state index contributed by atoms with van der Waals surface area (Å²) >= 11 is 0. The molecule has 1 N–H and O–H groups in total. The third kappa shape index (κ3) is 2.73. The summed E-state index contributed by atoms with van der Waals surface area (Å²) in [6, 6.07) is 14.1. The molecule has 0 radical (unpaired) electrons. The molecule has 1 aliphatic heterocycles. The Morgan fingerprint density at radius 3 is 2.46 bits per heavy atom. The quantitative estimate of drug-likeness (QED) is 0.941. The molecule has 5 heteroatoms. The lowest BCUT2D eigenvalue weighted by atomic mass is 10.1. The molecule has 1 amide bonds. The molecular formula is C19H18N2O3. The summed E-state index contributed by atoms with van der Waals surface area (Å²) in [4.78, 5) is 11.4. The number of nitrogens with one attached hydrogen (secondary N) is 1. The van der Waals surface area contributed by atoms with Gasteiger partial charge in [-0.2, -0.15) is 5.10 Å². The van der Waals surface area contributed by atoms with Crippen LogP contribution in [-0.4, -0.2) is 24.8 Å². The number of nitrogens with zero attached hydrogens (tertiary/aromatic N) is 1. The van der Waals surface area contributed by atoms with Crippen LogP contribution < -0.4 is 14.9 Å². The van der Waals surface area contributed by atoms with Gasteiger partial charge in [-0.15, -0.1) is 0 Å². The molecule has 0 fully saturated rings. The van der Waals surface area contributed by atoms with Crippen molar-refractivity contribution in [3.8, 4) is 11.5 Å². The maximum Gasteiger partial charge on any atom is 0.246 e. The summed E-state index contributed by atoms with van der Waals surface area (Å²) in [5.74, 6) is 1.29. The summed E-state index contributed by atoms with van der Waals surface area (Å²) in [7, 11) is 1.63. The maximum absolute atomic E-state index is 11.4. The molecule has 0 aromatic heterocycles. The van der Waals surface area contributed by atoms with E-state index in [1.54, 1.807) is 7.11 Å². The molecule has 2 aromatic rings. The molecule has 0 spiro atoms. The fourth-order valence-electron chi connectivity index (χ4n) is 3.26. The zero-order valence-electron chi connectivity index (χ0n) is 13.4. The van der Waals surface area contributed by atoms with Crippen LogP contribution in [0.5, 0.6) is 11.5 Å². The summed E-state index contributed by atoms with van der Waals surface area (Å²) in [6.45, 7) is 0. The number of amides is 1. The molecule has 1 heterocycles. The number of carbonyl (C=O) groups is 1. The Bertz CT molecular complexity index is 804. The van der Waals surface area contributed by atoms with Gasteiger partial charge in [0.2, 0.25) is 5.91 Å². The van der Waals surface area contributed by atoms with Gasteiger partial charge >= 0.3 is 0 Å². The Hall–Kier alpha value is -2.82. The van der Waals surface area contributed by atoms with Gasteiger partial charge in [0, 0.05) is 18.4 Å². The normalized spacial score (nSPS) is 16.5. The Morgan fingerprint density at radius 1 is 1.08 bits per heavy atom. The number of methoxy groups -OCH3 is 1. The molecule has 1 aliphatic carbocycles. The molecule has 4 rings (SSSR count). The van der Waals surface area contributed by atoms with Gasteiger partial charge in [-0.05, 0) is 29.3 Å². The lowest BCUT2D eigenvalue weighted by Crippen LogP contribution is -2.17. The highest BCUT2D eigenvalue weighted by Crippen LogP contribution is 2.33. The van der Waals surface area contributed by atoms with Gasteiger partial charge in [-0.25, -0.2) is 5.43 Å². The minimum absolute atomic E-state index is 0.0884. The fraction of sp³-hybridized carbons (Fsp3) is 0.263. The predicted molar refractivity (Wildman–Crippen MR) is 90.6 cm³/mol. The first kappa shape index (κ1) is 14.8. The van der Waals surface area contributed by atoms with E-state index >= 15 is 0 Å². The van der Waals surface area contributed by atoms with Gasteiger partial charge in [0.1, 0.15) is 6.10 Å². The number of benzene rings is 2. The van der Waals surface area contributed by atoms with Crippen LogP contribution in [0.25, 0.3) is 0 Å². The SMILES string of the molecule is COc1ccc(C2=NNC(=O)C2)cc1OC1Cc2ccccc2C1. The first-order chi connectivity index (χ1) is 11.7. The minimum atomic E-state index is -0.0884. The van der Waals surface area contributed by atoms with E-state index in [9.17, 15) is 4.79 Å². The molecule has 0 unspecified atom stereocenters. The van der Waals surface area contributed by atoms with Crippen LogP contribution >= 0.6 is 0 Å². The van der Waals surface area contributed by atoms with E-state index in [1.165, 1.54) is 11.1 Å². The van der Waals surface area contributed by atoms with Crippen LogP contribution in [0.15, 0.2) is 47.6 Å². The van der Waals surface area contributed by atoms with Gasteiger partial charge in [0.05, 0.1) is 19.2 Å². The van der Waals surface area contributed by atoms with Gasteiger partial charge in [-0.1, -0.05) is 24.3 Å². The molecule has 0 saturated carbocycles. The molecule has 0 atom stereocenters. The molecule has 122 valence electrons. The van der Waals surface area contributed by atoms with Crippen molar-refractivity contribution in [3.63, 3.8) is 0 Å². The zero-order valence-corrected chi connectivity index (χ0v) is 13.4. The van der Waals surface area contributed by atoms with Crippen LogP contribution in [0.1, 0.15) is 23.1 Å². The van der Waals surface area contributed by atoms with Crippen molar-refractivity contribution in [2.24, 2.45) is 5.10 Å². The smallest absolute Gasteiger partial charge is 0.246 e. The van der Waals surface area contributed by atoms with Crippen LogP contribution in [0.3, 0.4) is 0 Å². The van der Waals surface area contributed by atoms with Crippen molar-refractivity contribution in [2.75, 3.05) is 7.11 Å². The summed E-state index contributed by atoms with van der Waals surface area (Å²) in [6.07, 6.45) is 2.17. The number of fused-ring (bicyclic) bond motifs is 1. The number of carbonyl (C=O) groups excluding carboxylic acids is 1. The summed E-state index contributed by atoms with van der Waals surface area (Å²) < 4.78 is 11.6. The first-order valence-electron chi connectivity index (χ1n) is 8.00. The fourth-order valence-corrected chi connectivity index (χ4v) is 3.26. The van der Waals surface area contributed by atoms with Crippen molar-refractivity contribution in [1.29, 1.82) is 0 Å². The van der Waals surface area contributed by atoms with Crippen molar-refractivity contribution in [1.82, 2.24) is 5.43 Å². The van der Waals surface area contributed by atoms with Crippen molar-refractivity contribution >= 4 is 11.6 Å². The number of ether oxygens (including phenoxy) is 2. The highest BCUT2D eigenvalue weighted by atomic mass is 16.5. The third-order valence-electron chi connectivity index (χ3n) is 4.45. The number of hydrogen-bond donors (Lipinski definition) is 1. The van der Waals surface area contributed by atoms with Crippen LogP contribution in [-0.2, 0) is 17.6 Å². The van der Waals surface area contributed by atoms with Crippen molar-refractivity contribution in [3.05, 3.63) is 59.2 Å². The second-order valence-corrected chi connectivity index (χ2v) is 6.05. The Balaban J connectivity index is 1.57. The molecule has 0 bridgehead atoms. The number of hydrazone groups is 1. The highest BCUT2D eigenvalue weighted by molar-refractivity contribution is 6.13. The highest BCUT2D eigenvalue weighted by Gasteiger charge is 2.24. The molecule has 5 nitrogen and oxygen atoms in total. The minimum Gasteiger partial charge on any atom is -0.493 e. The van der Waals surface area contributed by atoms with E-state index in [0.29, 0.717) is 17.9 Å². The van der Waals surface area contributed by atoms with Crippen LogP contribution in [0.2, 0.25) is 0 Å². The van der Waals surface area contributed by atoms with E-state index in [1.807, 2.05) is 18.2 Å². The molecule has 24 heavy (non-hydrogen) atoms. The van der Waals surface area contributed by atoms with E-state index in [-0.39, 0.29) is 12.0 Å².